The summed E-state index contributed by atoms with van der Waals surface area (Å²) in [6, 6.07) is 56.7. The van der Waals surface area contributed by atoms with Gasteiger partial charge in [0.25, 0.3) is 0 Å². The average Bonchev–Trinajstić information content (AvgIpc) is 3.41. The van der Waals surface area contributed by atoms with Crippen LogP contribution < -0.4 is 0 Å². The second-order valence-electron chi connectivity index (χ2n) is 9.68. The maximum atomic E-state index is 2.32. The largest absolute Gasteiger partial charge is 0.134 e. The van der Waals surface area contributed by atoms with E-state index in [1.54, 1.807) is 0 Å². The second kappa shape index (κ2) is 10.2. The smallest absolute Gasteiger partial charge is 0.0440 e. The van der Waals surface area contributed by atoms with E-state index in [9.17, 15) is 0 Å². The first-order valence-electron chi connectivity index (χ1n) is 13.3. The van der Waals surface area contributed by atoms with E-state index in [1.165, 1.54) is 65.0 Å². The fourth-order valence-electron chi connectivity index (χ4n) is 5.54. The summed E-state index contributed by atoms with van der Waals surface area (Å²) in [4.78, 5) is 2.62. The van der Waals surface area contributed by atoms with Gasteiger partial charge in [0.05, 0.1) is 0 Å². The van der Waals surface area contributed by atoms with Crippen molar-refractivity contribution < 1.29 is 0 Å². The summed E-state index contributed by atoms with van der Waals surface area (Å²) in [5.74, 6) is 0. The van der Waals surface area contributed by atoms with Crippen molar-refractivity contribution >= 4 is 22.1 Å². The Balaban J connectivity index is 1.64. The van der Waals surface area contributed by atoms with Gasteiger partial charge in [-0.1, -0.05) is 158 Å². The molecule has 1 heterocycles. The van der Waals surface area contributed by atoms with E-state index in [1.807, 2.05) is 11.3 Å². The van der Waals surface area contributed by atoms with E-state index in [4.69, 9.17) is 0 Å². The molecule has 0 radical (unpaired) electrons. The fraction of sp³-hybridized carbons (Fsp3) is 0. The van der Waals surface area contributed by atoms with Crippen molar-refractivity contribution in [3.63, 3.8) is 0 Å². The van der Waals surface area contributed by atoms with E-state index >= 15 is 0 Å². The molecule has 0 nitrogen and oxygen atoms in total. The zero-order chi connectivity index (χ0) is 26.0. The van der Waals surface area contributed by atoms with Crippen molar-refractivity contribution in [1.82, 2.24) is 0 Å². The molecule has 0 bridgehead atoms. The van der Waals surface area contributed by atoms with Crippen LogP contribution in [0.25, 0.3) is 65.0 Å². The van der Waals surface area contributed by atoms with Gasteiger partial charge in [0.15, 0.2) is 0 Å². The summed E-state index contributed by atoms with van der Waals surface area (Å²) < 4.78 is 0. The van der Waals surface area contributed by atoms with Crippen molar-refractivity contribution in [2.24, 2.45) is 0 Å². The summed E-state index contributed by atoms with van der Waals surface area (Å²) in [5, 5.41) is 2.59. The molecular weight excluding hydrogens is 488 g/mol. The molecule has 0 fully saturated rings. The lowest BCUT2D eigenvalue weighted by molar-refractivity contribution is 1.56. The number of rotatable bonds is 5. The number of hydrogen-bond donors (Lipinski definition) is 0. The first-order chi connectivity index (χ1) is 19.4. The Morgan fingerprint density at radius 3 is 1.18 bits per heavy atom. The molecule has 0 saturated heterocycles. The first-order valence-corrected chi connectivity index (χ1v) is 14.1. The van der Waals surface area contributed by atoms with E-state index in [0.29, 0.717) is 0 Å². The van der Waals surface area contributed by atoms with Crippen molar-refractivity contribution in [2.45, 2.75) is 0 Å². The Hall–Kier alpha value is -4.72. The second-order valence-corrected chi connectivity index (χ2v) is 10.7. The minimum absolute atomic E-state index is 1.22. The topological polar surface area (TPSA) is 0 Å². The van der Waals surface area contributed by atoms with Gasteiger partial charge in [-0.25, -0.2) is 0 Å². The molecule has 0 aliphatic heterocycles. The van der Waals surface area contributed by atoms with Gasteiger partial charge in [-0.15, -0.1) is 11.3 Å². The number of hydrogen-bond acceptors (Lipinski definition) is 1. The molecule has 1 aromatic heterocycles. The van der Waals surface area contributed by atoms with E-state index in [0.717, 1.165) is 0 Å². The van der Waals surface area contributed by atoms with Crippen molar-refractivity contribution in [1.29, 1.82) is 0 Å². The van der Waals surface area contributed by atoms with Crippen LogP contribution in [0, 0.1) is 0 Å². The highest BCUT2D eigenvalue weighted by molar-refractivity contribution is 7.21. The first kappa shape index (κ1) is 23.4. The highest BCUT2D eigenvalue weighted by Crippen LogP contribution is 2.52. The lowest BCUT2D eigenvalue weighted by Crippen LogP contribution is -1.93. The Morgan fingerprint density at radius 1 is 0.282 bits per heavy atom. The van der Waals surface area contributed by atoms with Crippen molar-refractivity contribution in [3.8, 4) is 54.3 Å². The molecule has 0 saturated carbocycles. The monoisotopic (exact) mass is 514 g/mol. The molecule has 7 aromatic rings. The summed E-state index contributed by atoms with van der Waals surface area (Å²) in [6.45, 7) is 0. The molecule has 7 rings (SSSR count). The van der Waals surface area contributed by atoms with Crippen LogP contribution in [0.4, 0.5) is 0 Å². The minimum Gasteiger partial charge on any atom is -0.134 e. The molecule has 0 aliphatic rings. The standard InChI is InChI=1S/C38H26S/c1-5-15-27(16-6-1)31-25-26-32(28-17-7-2-8-18-28)36(35(31)29-19-9-3-10-20-29)38-34-24-14-13-23-33(34)37(39-38)30-21-11-4-12-22-30/h1-26H. The highest BCUT2D eigenvalue weighted by atomic mass is 32.1. The third kappa shape index (κ3) is 4.27. The third-order valence-corrected chi connectivity index (χ3v) is 8.61. The SMILES string of the molecule is c1ccc(-c2ccc(-c3ccccc3)c(-c3sc(-c4ccccc4)c4ccccc34)c2-c2ccccc2)cc1. The maximum Gasteiger partial charge on any atom is 0.0440 e. The van der Waals surface area contributed by atoms with Crippen LogP contribution in [0.5, 0.6) is 0 Å². The molecule has 39 heavy (non-hydrogen) atoms. The van der Waals surface area contributed by atoms with Gasteiger partial charge < -0.3 is 0 Å². The number of fused-ring (bicyclic) bond motifs is 1. The predicted octanol–water partition coefficient (Wildman–Crippen LogP) is 11.2. The number of benzene rings is 6. The average molecular weight is 515 g/mol. The molecule has 0 atom stereocenters. The van der Waals surface area contributed by atoms with Gasteiger partial charge in [0, 0.05) is 26.1 Å². The van der Waals surface area contributed by atoms with Crippen LogP contribution in [-0.2, 0) is 0 Å². The van der Waals surface area contributed by atoms with E-state index in [2.05, 4.69) is 158 Å². The molecule has 6 aromatic carbocycles. The fourth-order valence-corrected chi connectivity index (χ4v) is 6.89. The molecule has 0 amide bonds. The zero-order valence-electron chi connectivity index (χ0n) is 21.4. The number of thiophene rings is 1. The Bertz CT molecular complexity index is 1870. The minimum atomic E-state index is 1.22. The maximum absolute atomic E-state index is 2.32. The summed E-state index contributed by atoms with van der Waals surface area (Å²) in [6.07, 6.45) is 0. The van der Waals surface area contributed by atoms with Crippen LogP contribution in [-0.4, -0.2) is 0 Å². The van der Waals surface area contributed by atoms with Crippen molar-refractivity contribution in [3.05, 3.63) is 158 Å². The van der Waals surface area contributed by atoms with Gasteiger partial charge in [-0.05, 0) is 38.9 Å². The van der Waals surface area contributed by atoms with Gasteiger partial charge >= 0.3 is 0 Å². The van der Waals surface area contributed by atoms with Crippen LogP contribution in [0.15, 0.2) is 158 Å². The molecule has 0 spiro atoms. The summed E-state index contributed by atoms with van der Waals surface area (Å²) in [7, 11) is 0. The lowest BCUT2D eigenvalue weighted by atomic mass is 9.84. The van der Waals surface area contributed by atoms with Gasteiger partial charge in [-0.2, -0.15) is 0 Å². The van der Waals surface area contributed by atoms with E-state index in [-0.39, 0.29) is 0 Å². The third-order valence-electron chi connectivity index (χ3n) is 7.32. The van der Waals surface area contributed by atoms with Gasteiger partial charge in [0.1, 0.15) is 0 Å². The highest BCUT2D eigenvalue weighted by Gasteiger charge is 2.23. The van der Waals surface area contributed by atoms with Crippen LogP contribution in [0.3, 0.4) is 0 Å². The molecular formula is C38H26S. The van der Waals surface area contributed by atoms with Crippen LogP contribution in [0.1, 0.15) is 0 Å². The normalized spacial score (nSPS) is 11.1. The summed E-state index contributed by atoms with van der Waals surface area (Å²) >= 11 is 1.90. The van der Waals surface area contributed by atoms with Crippen LogP contribution in [0.2, 0.25) is 0 Å². The van der Waals surface area contributed by atoms with Crippen LogP contribution >= 0.6 is 11.3 Å². The van der Waals surface area contributed by atoms with Crippen molar-refractivity contribution in [2.75, 3.05) is 0 Å². The molecule has 0 unspecified atom stereocenters. The molecule has 0 aliphatic carbocycles. The summed E-state index contributed by atoms with van der Waals surface area (Å²) in [5.41, 5.74) is 9.99. The molecule has 184 valence electrons. The molecule has 0 N–H and O–H groups in total. The quantitative estimate of drug-likeness (QED) is 0.214. The Morgan fingerprint density at radius 2 is 0.667 bits per heavy atom. The Labute approximate surface area is 233 Å². The van der Waals surface area contributed by atoms with Gasteiger partial charge in [0.2, 0.25) is 0 Å². The molecule has 1 heteroatoms. The van der Waals surface area contributed by atoms with E-state index < -0.39 is 0 Å². The Kier molecular flexibility index (Phi) is 6.13. The predicted molar refractivity (Wildman–Crippen MR) is 169 cm³/mol. The lowest BCUT2D eigenvalue weighted by Gasteiger charge is -2.20. The van der Waals surface area contributed by atoms with Gasteiger partial charge in [-0.3, -0.25) is 0 Å². The zero-order valence-corrected chi connectivity index (χ0v) is 22.2.